The van der Waals surface area contributed by atoms with Gasteiger partial charge >= 0.3 is 0 Å². The van der Waals surface area contributed by atoms with Crippen LogP contribution in [0.2, 0.25) is 5.02 Å². The Labute approximate surface area is 135 Å². The lowest BCUT2D eigenvalue weighted by Gasteiger charge is -2.14. The Hall–Kier alpha value is -1.92. The number of anilines is 1. The van der Waals surface area contributed by atoms with Gasteiger partial charge in [-0.2, -0.15) is 5.53 Å². The van der Waals surface area contributed by atoms with Crippen LogP contribution in [0.1, 0.15) is 5.56 Å². The summed E-state index contributed by atoms with van der Waals surface area (Å²) in [7, 11) is 0.0826. The van der Waals surface area contributed by atoms with E-state index in [2.05, 4.69) is 5.11 Å². The Kier molecular flexibility index (Phi) is 4.83. The quantitative estimate of drug-likeness (QED) is 0.849. The van der Waals surface area contributed by atoms with Crippen LogP contribution in [-0.4, -0.2) is 22.5 Å². The van der Waals surface area contributed by atoms with E-state index in [9.17, 15) is 8.42 Å². The maximum absolute atomic E-state index is 12.7. The first kappa shape index (κ1) is 16.5. The summed E-state index contributed by atoms with van der Waals surface area (Å²) < 4.78 is 25.4. The molecular formula is C15H17ClN3O2S+. The molecule has 0 heterocycles. The maximum atomic E-state index is 12.7. The van der Waals surface area contributed by atoms with E-state index in [1.165, 1.54) is 0 Å². The van der Waals surface area contributed by atoms with Crippen molar-refractivity contribution in [1.82, 2.24) is 0 Å². The van der Waals surface area contributed by atoms with Crippen molar-refractivity contribution >= 4 is 32.8 Å². The molecule has 0 aliphatic carbocycles. The summed E-state index contributed by atoms with van der Waals surface area (Å²) >= 11 is 5.91. The molecule has 0 atom stereocenters. The number of benzene rings is 2. The molecule has 0 aliphatic heterocycles. The number of halogens is 1. The average Bonchev–Trinajstić information content (AvgIpc) is 2.46. The molecule has 2 rings (SSSR count). The molecule has 0 radical (unpaired) electrons. The molecule has 22 heavy (non-hydrogen) atoms. The van der Waals surface area contributed by atoms with Gasteiger partial charge in [0.25, 0.3) is 0 Å². The largest absolute Gasteiger partial charge is 0.378 e. The highest BCUT2D eigenvalue weighted by atomic mass is 35.5. The number of nitrogens with zero attached hydrogens (tertiary/aromatic N) is 2. The Balaban J connectivity index is 2.48. The Morgan fingerprint density at radius 1 is 1.18 bits per heavy atom. The molecule has 0 saturated heterocycles. The van der Waals surface area contributed by atoms with Crippen LogP contribution in [0, 0.1) is 0 Å². The van der Waals surface area contributed by atoms with Gasteiger partial charge in [-0.1, -0.05) is 23.7 Å². The van der Waals surface area contributed by atoms with Gasteiger partial charge in [0.2, 0.25) is 0 Å². The molecule has 0 bridgehead atoms. The lowest BCUT2D eigenvalue weighted by molar-refractivity contribution is -0.210. The van der Waals surface area contributed by atoms with E-state index in [1.807, 2.05) is 19.0 Å². The highest BCUT2D eigenvalue weighted by Gasteiger charge is 2.21. The first-order valence-electron chi connectivity index (χ1n) is 6.53. The molecule has 0 saturated carbocycles. The Bertz CT molecular complexity index is 804. The van der Waals surface area contributed by atoms with Gasteiger partial charge in [0.1, 0.15) is 10.6 Å². The van der Waals surface area contributed by atoms with Crippen LogP contribution in [-0.2, 0) is 15.6 Å². The van der Waals surface area contributed by atoms with E-state index in [1.54, 1.807) is 42.5 Å². The van der Waals surface area contributed by atoms with E-state index >= 15 is 0 Å². The molecule has 0 amide bonds. The second kappa shape index (κ2) is 6.46. The average molecular weight is 339 g/mol. The summed E-state index contributed by atoms with van der Waals surface area (Å²) in [4.78, 5) is 1.93. The smallest absolute Gasteiger partial charge is 0.184 e. The molecule has 7 heteroatoms. The monoisotopic (exact) mass is 338 g/mol. The van der Waals surface area contributed by atoms with Crippen LogP contribution in [0.15, 0.2) is 52.5 Å². The fourth-order valence-electron chi connectivity index (χ4n) is 2.06. The highest BCUT2D eigenvalue weighted by Crippen LogP contribution is 2.30. The molecule has 0 aliphatic rings. The molecule has 2 N–H and O–H groups in total. The zero-order valence-corrected chi connectivity index (χ0v) is 13.9. The summed E-state index contributed by atoms with van der Waals surface area (Å²) in [6.07, 6.45) is 0. The molecule has 0 unspecified atom stereocenters. The van der Waals surface area contributed by atoms with Gasteiger partial charge < -0.3 is 4.90 Å². The van der Waals surface area contributed by atoms with Crippen LogP contribution in [0.5, 0.6) is 0 Å². The van der Waals surface area contributed by atoms with E-state index in [4.69, 9.17) is 17.1 Å². The van der Waals surface area contributed by atoms with Gasteiger partial charge in [-0.15, -0.1) is 0 Å². The van der Waals surface area contributed by atoms with Crippen LogP contribution in [0.4, 0.5) is 11.4 Å². The van der Waals surface area contributed by atoms with Gasteiger partial charge in [-0.3, -0.25) is 0 Å². The van der Waals surface area contributed by atoms with Crippen LogP contribution >= 0.6 is 11.6 Å². The molecule has 116 valence electrons. The van der Waals surface area contributed by atoms with Crippen LogP contribution < -0.4 is 10.4 Å². The third-order valence-electron chi connectivity index (χ3n) is 3.18. The number of rotatable bonds is 5. The zero-order chi connectivity index (χ0) is 16.3. The Morgan fingerprint density at radius 3 is 2.50 bits per heavy atom. The standard InChI is InChI=1S/C15H16ClN3O2S/c1-19(2)13-6-7-14(18-17)15(9-13)22(20,21)10-11-4-3-5-12(16)8-11/h3-9,17H,10H2,1-2H3/p+1. The molecule has 2 aromatic rings. The van der Waals surface area contributed by atoms with E-state index in [-0.39, 0.29) is 16.3 Å². The van der Waals surface area contributed by atoms with Gasteiger partial charge in [0.05, 0.1) is 5.75 Å². The van der Waals surface area contributed by atoms with Crippen LogP contribution in [0.3, 0.4) is 0 Å². The van der Waals surface area contributed by atoms with Crippen molar-refractivity contribution in [2.45, 2.75) is 10.6 Å². The minimum atomic E-state index is -3.59. The minimum Gasteiger partial charge on any atom is -0.378 e. The number of nitrogens with two attached hydrogens (primary N) is 1. The van der Waals surface area contributed by atoms with Gasteiger partial charge in [0.15, 0.2) is 9.84 Å². The summed E-state index contributed by atoms with van der Waals surface area (Å²) in [5, 5.41) is 4.07. The van der Waals surface area contributed by atoms with E-state index < -0.39 is 9.84 Å². The topological polar surface area (TPSA) is 75.3 Å². The van der Waals surface area contributed by atoms with Crippen molar-refractivity contribution in [1.29, 1.82) is 0 Å². The van der Waals surface area contributed by atoms with Crippen molar-refractivity contribution in [3.63, 3.8) is 0 Å². The van der Waals surface area contributed by atoms with Crippen molar-refractivity contribution in [3.8, 4) is 0 Å². The molecule has 5 nitrogen and oxygen atoms in total. The van der Waals surface area contributed by atoms with Gasteiger partial charge in [-0.25, -0.2) is 8.42 Å². The number of sulfone groups is 1. The first-order valence-corrected chi connectivity index (χ1v) is 8.56. The lowest BCUT2D eigenvalue weighted by Crippen LogP contribution is -2.22. The molecule has 0 spiro atoms. The fraction of sp³-hybridized carbons (Fsp3) is 0.200. The van der Waals surface area contributed by atoms with E-state index in [0.29, 0.717) is 10.6 Å². The fourth-order valence-corrected chi connectivity index (χ4v) is 3.79. The molecule has 0 fully saturated rings. The predicted molar refractivity (Wildman–Crippen MR) is 87.1 cm³/mol. The molecular weight excluding hydrogens is 322 g/mol. The molecule has 0 aromatic heterocycles. The van der Waals surface area contributed by atoms with Crippen molar-refractivity contribution in [2.24, 2.45) is 5.11 Å². The predicted octanol–water partition coefficient (Wildman–Crippen LogP) is 2.22. The van der Waals surface area contributed by atoms with Gasteiger partial charge in [-0.05, 0) is 41.0 Å². The SMILES string of the molecule is CN(C)c1ccc(N=[NH2+])c(S(=O)(=O)Cc2cccc(Cl)c2)c1. The van der Waals surface area contributed by atoms with Crippen molar-refractivity contribution < 1.29 is 13.9 Å². The highest BCUT2D eigenvalue weighted by molar-refractivity contribution is 7.90. The van der Waals surface area contributed by atoms with Crippen LogP contribution in [0.25, 0.3) is 0 Å². The lowest BCUT2D eigenvalue weighted by atomic mass is 10.2. The second-order valence-electron chi connectivity index (χ2n) is 5.06. The summed E-state index contributed by atoms with van der Waals surface area (Å²) in [6.45, 7) is 0. The van der Waals surface area contributed by atoms with Crippen molar-refractivity contribution in [2.75, 3.05) is 19.0 Å². The van der Waals surface area contributed by atoms with Gasteiger partial charge in [0, 0.05) is 24.8 Å². The van der Waals surface area contributed by atoms with Crippen molar-refractivity contribution in [3.05, 3.63) is 53.1 Å². The molecule has 2 aromatic carbocycles. The third-order valence-corrected chi connectivity index (χ3v) is 5.13. The summed E-state index contributed by atoms with van der Waals surface area (Å²) in [5.41, 5.74) is 6.94. The third kappa shape index (κ3) is 3.64. The normalized spacial score (nSPS) is 11.2. The second-order valence-corrected chi connectivity index (χ2v) is 7.46. The number of hydrogen-bond acceptors (Lipinski definition) is 4. The summed E-state index contributed by atoms with van der Waals surface area (Å²) in [5.74, 6) is -0.160. The zero-order valence-electron chi connectivity index (χ0n) is 12.3. The Morgan fingerprint density at radius 2 is 1.91 bits per heavy atom. The van der Waals surface area contributed by atoms with E-state index in [0.717, 1.165) is 5.69 Å². The minimum absolute atomic E-state index is 0.112. The maximum Gasteiger partial charge on any atom is 0.184 e. The first-order chi connectivity index (χ1) is 10.3. The summed E-state index contributed by atoms with van der Waals surface area (Å²) in [6, 6.07) is 11.7. The number of hydrogen-bond donors (Lipinski definition) is 1.